The van der Waals surface area contributed by atoms with E-state index in [0.717, 1.165) is 11.3 Å². The summed E-state index contributed by atoms with van der Waals surface area (Å²) in [6.45, 7) is 7.35. The maximum atomic E-state index is 12.7. The van der Waals surface area contributed by atoms with E-state index in [1.54, 1.807) is 42.5 Å². The molecule has 0 bridgehead atoms. The highest BCUT2D eigenvalue weighted by molar-refractivity contribution is 6.31. The Labute approximate surface area is 199 Å². The van der Waals surface area contributed by atoms with Crippen LogP contribution in [0.3, 0.4) is 0 Å². The summed E-state index contributed by atoms with van der Waals surface area (Å²) >= 11 is 0. The summed E-state index contributed by atoms with van der Waals surface area (Å²) in [6, 6.07) is 24.3. The Balaban J connectivity index is 1.30. The van der Waals surface area contributed by atoms with Crippen LogP contribution in [0.2, 0.25) is 0 Å². The van der Waals surface area contributed by atoms with E-state index in [2.05, 4.69) is 38.3 Å². The predicted molar refractivity (Wildman–Crippen MR) is 133 cm³/mol. The van der Waals surface area contributed by atoms with Gasteiger partial charge in [-0.15, -0.1) is 0 Å². The first-order valence-corrected chi connectivity index (χ1v) is 11.2. The first-order chi connectivity index (χ1) is 16.3. The summed E-state index contributed by atoms with van der Waals surface area (Å²) < 4.78 is 11.5. The number of hydrazine groups is 1. The predicted octanol–water partition coefficient (Wildman–Crippen LogP) is 4.90. The highest BCUT2D eigenvalue weighted by Crippen LogP contribution is 2.25. The van der Waals surface area contributed by atoms with Gasteiger partial charge in [-0.1, -0.05) is 63.2 Å². The fourth-order valence-corrected chi connectivity index (χ4v) is 3.51. The molecule has 6 nitrogen and oxygen atoms in total. The van der Waals surface area contributed by atoms with Crippen molar-refractivity contribution in [3.8, 4) is 11.5 Å². The van der Waals surface area contributed by atoms with Crippen molar-refractivity contribution in [2.45, 2.75) is 26.2 Å². The van der Waals surface area contributed by atoms with Crippen molar-refractivity contribution < 1.29 is 19.1 Å². The van der Waals surface area contributed by atoms with Crippen LogP contribution in [0, 0.1) is 0 Å². The Kier molecular flexibility index (Phi) is 6.68. The smallest absolute Gasteiger partial charge is 0.282 e. The summed E-state index contributed by atoms with van der Waals surface area (Å²) in [5.74, 6) is 0.677. The van der Waals surface area contributed by atoms with Gasteiger partial charge in [-0.3, -0.25) is 15.0 Å². The van der Waals surface area contributed by atoms with E-state index in [0.29, 0.717) is 24.7 Å². The summed E-state index contributed by atoms with van der Waals surface area (Å²) in [5, 5.41) is 1.25. The second-order valence-electron chi connectivity index (χ2n) is 9.02. The zero-order valence-electron chi connectivity index (χ0n) is 19.6. The molecule has 3 aromatic rings. The molecular formula is C28H28N2O4. The summed E-state index contributed by atoms with van der Waals surface area (Å²) in [4.78, 5) is 25.0. The van der Waals surface area contributed by atoms with Crippen LogP contribution in [0.25, 0.3) is 6.08 Å². The van der Waals surface area contributed by atoms with Crippen molar-refractivity contribution in [1.82, 2.24) is 5.43 Å². The topological polar surface area (TPSA) is 67.9 Å². The third kappa shape index (κ3) is 5.46. The van der Waals surface area contributed by atoms with Crippen LogP contribution in [0.4, 0.5) is 5.69 Å². The van der Waals surface area contributed by atoms with E-state index in [1.165, 1.54) is 10.6 Å². The molecule has 1 fully saturated rings. The van der Waals surface area contributed by atoms with Crippen molar-refractivity contribution in [2.75, 3.05) is 18.2 Å². The van der Waals surface area contributed by atoms with E-state index in [1.807, 2.05) is 30.3 Å². The molecule has 4 rings (SSSR count). The van der Waals surface area contributed by atoms with Gasteiger partial charge in [-0.05, 0) is 59.0 Å². The molecule has 1 aliphatic heterocycles. The molecule has 2 amide bonds. The van der Waals surface area contributed by atoms with Gasteiger partial charge in [0.2, 0.25) is 0 Å². The average molecular weight is 457 g/mol. The number of carbonyl (C=O) groups excluding carboxylic acids is 2. The number of hydrogen-bond acceptors (Lipinski definition) is 4. The third-order valence-corrected chi connectivity index (χ3v) is 5.44. The molecule has 0 spiro atoms. The van der Waals surface area contributed by atoms with Crippen molar-refractivity contribution >= 4 is 23.6 Å². The van der Waals surface area contributed by atoms with Crippen LogP contribution in [0.5, 0.6) is 11.5 Å². The maximum Gasteiger partial charge on any atom is 0.282 e. The molecule has 0 aromatic heterocycles. The molecule has 174 valence electrons. The number of carbonyl (C=O) groups is 2. The minimum Gasteiger partial charge on any atom is -0.490 e. The number of ether oxygens (including phenoxy) is 2. The summed E-state index contributed by atoms with van der Waals surface area (Å²) in [7, 11) is 0. The number of para-hydroxylation sites is 1. The van der Waals surface area contributed by atoms with Crippen LogP contribution in [0.1, 0.15) is 31.9 Å². The molecule has 0 radical (unpaired) electrons. The zero-order chi connectivity index (χ0) is 24.1. The molecule has 3 aromatic carbocycles. The van der Waals surface area contributed by atoms with Crippen LogP contribution < -0.4 is 19.9 Å². The van der Waals surface area contributed by atoms with Crippen molar-refractivity contribution in [2.24, 2.45) is 0 Å². The molecule has 1 saturated heterocycles. The van der Waals surface area contributed by atoms with Gasteiger partial charge in [0.15, 0.2) is 0 Å². The molecular weight excluding hydrogens is 428 g/mol. The lowest BCUT2D eigenvalue weighted by Crippen LogP contribution is -2.35. The Hall–Kier alpha value is -4.06. The SMILES string of the molecule is CC(C)(C)c1ccc(OCCOc2ccc(/C=C3\C(=O)NN(c4ccccc4)C3=O)cc2)cc1. The molecule has 1 aliphatic rings. The van der Waals surface area contributed by atoms with E-state index in [9.17, 15) is 9.59 Å². The number of nitrogens with zero attached hydrogens (tertiary/aromatic N) is 1. The van der Waals surface area contributed by atoms with E-state index >= 15 is 0 Å². The van der Waals surface area contributed by atoms with Gasteiger partial charge in [0.1, 0.15) is 30.3 Å². The fourth-order valence-electron chi connectivity index (χ4n) is 3.51. The van der Waals surface area contributed by atoms with Gasteiger partial charge in [0, 0.05) is 0 Å². The highest BCUT2D eigenvalue weighted by atomic mass is 16.5. The molecule has 0 aliphatic carbocycles. The molecule has 0 atom stereocenters. The summed E-state index contributed by atoms with van der Waals surface area (Å²) in [5.41, 5.74) is 5.40. The van der Waals surface area contributed by atoms with E-state index in [4.69, 9.17) is 9.47 Å². The van der Waals surface area contributed by atoms with Crippen LogP contribution in [-0.4, -0.2) is 25.0 Å². The maximum absolute atomic E-state index is 12.7. The first-order valence-electron chi connectivity index (χ1n) is 11.2. The van der Waals surface area contributed by atoms with Crippen LogP contribution in [-0.2, 0) is 15.0 Å². The van der Waals surface area contributed by atoms with Crippen molar-refractivity contribution in [3.63, 3.8) is 0 Å². The zero-order valence-corrected chi connectivity index (χ0v) is 19.6. The molecule has 6 heteroatoms. The number of rotatable bonds is 7. The lowest BCUT2D eigenvalue weighted by Gasteiger charge is -2.19. The number of amides is 2. The number of hydrogen-bond donors (Lipinski definition) is 1. The second kappa shape index (κ2) is 9.83. The van der Waals surface area contributed by atoms with Crippen molar-refractivity contribution in [1.29, 1.82) is 0 Å². The monoisotopic (exact) mass is 456 g/mol. The van der Waals surface area contributed by atoms with E-state index < -0.39 is 5.91 Å². The third-order valence-electron chi connectivity index (χ3n) is 5.44. The minimum atomic E-state index is -0.429. The number of anilines is 1. The largest absolute Gasteiger partial charge is 0.490 e. The molecule has 1 N–H and O–H groups in total. The Morgan fingerprint density at radius 1 is 0.794 bits per heavy atom. The van der Waals surface area contributed by atoms with E-state index in [-0.39, 0.29) is 16.9 Å². The van der Waals surface area contributed by atoms with Gasteiger partial charge in [0.05, 0.1) is 5.69 Å². The Morgan fingerprint density at radius 3 is 1.91 bits per heavy atom. The normalized spacial score (nSPS) is 14.9. The molecule has 34 heavy (non-hydrogen) atoms. The van der Waals surface area contributed by atoms with Gasteiger partial charge in [-0.2, -0.15) is 0 Å². The average Bonchev–Trinajstić information content (AvgIpc) is 3.11. The Morgan fingerprint density at radius 2 is 1.35 bits per heavy atom. The lowest BCUT2D eigenvalue weighted by atomic mass is 9.87. The van der Waals surface area contributed by atoms with Crippen LogP contribution in [0.15, 0.2) is 84.4 Å². The molecule has 1 heterocycles. The fraction of sp³-hybridized carbons (Fsp3) is 0.214. The standard InChI is InChI=1S/C28H28N2O4/c1-28(2,3)21-11-15-24(16-12-21)34-18-17-33-23-13-9-20(10-14-23)19-25-26(31)29-30(27(25)32)22-7-5-4-6-8-22/h4-16,19H,17-18H2,1-3H3,(H,29,31)/b25-19+. The van der Waals surface area contributed by atoms with Gasteiger partial charge in [-0.25, -0.2) is 5.01 Å². The number of benzene rings is 3. The minimum absolute atomic E-state index is 0.0865. The Bertz CT molecular complexity index is 1180. The molecule has 0 unspecified atom stereocenters. The number of nitrogens with one attached hydrogen (secondary N) is 1. The lowest BCUT2D eigenvalue weighted by molar-refractivity contribution is -0.117. The van der Waals surface area contributed by atoms with Crippen molar-refractivity contribution in [3.05, 3.63) is 95.6 Å². The van der Waals surface area contributed by atoms with Crippen LogP contribution >= 0.6 is 0 Å². The second-order valence-corrected chi connectivity index (χ2v) is 9.02. The van der Waals surface area contributed by atoms with Gasteiger partial charge < -0.3 is 9.47 Å². The quantitative estimate of drug-likeness (QED) is 0.312. The highest BCUT2D eigenvalue weighted by Gasteiger charge is 2.34. The summed E-state index contributed by atoms with van der Waals surface area (Å²) in [6.07, 6.45) is 1.58. The van der Waals surface area contributed by atoms with Gasteiger partial charge >= 0.3 is 0 Å². The first kappa shape index (κ1) is 23.1. The van der Waals surface area contributed by atoms with Gasteiger partial charge in [0.25, 0.3) is 11.8 Å². The molecule has 0 saturated carbocycles.